The van der Waals surface area contributed by atoms with E-state index in [9.17, 15) is 23.8 Å². The molecule has 15 heteroatoms. The topological polar surface area (TPSA) is 243 Å². The molecule has 2 unspecified atom stereocenters. The third-order valence-electron chi connectivity index (χ3n) is 10.1. The van der Waals surface area contributed by atoms with Crippen LogP contribution in [0.3, 0.4) is 0 Å². The highest BCUT2D eigenvalue weighted by atomic mass is 31.2. The van der Waals surface area contributed by atoms with Gasteiger partial charge in [0.2, 0.25) is 0 Å². The number of ether oxygens (including phenoxy) is 3. The summed E-state index contributed by atoms with van der Waals surface area (Å²) in [5, 5.41) is 2.36. The van der Waals surface area contributed by atoms with E-state index < -0.39 is 38.6 Å². The quantitative estimate of drug-likeness (QED) is 0.0166. The van der Waals surface area contributed by atoms with E-state index in [0.717, 1.165) is 32.1 Å². The van der Waals surface area contributed by atoms with Crippen LogP contribution < -0.4 is 23.4 Å². The van der Waals surface area contributed by atoms with Gasteiger partial charge in [0.05, 0.1) is 13.2 Å². The number of amides is 1. The van der Waals surface area contributed by atoms with Gasteiger partial charge in [0.15, 0.2) is 6.10 Å². The van der Waals surface area contributed by atoms with Gasteiger partial charge in [-0.1, -0.05) is 194 Å². The summed E-state index contributed by atoms with van der Waals surface area (Å²) in [5.41, 5.74) is 5.28. The second-order valence-electron chi connectivity index (χ2n) is 15.6. The van der Waals surface area contributed by atoms with Gasteiger partial charge in [0, 0.05) is 25.9 Å². The first-order valence-corrected chi connectivity index (χ1v) is 24.8. The summed E-state index contributed by atoms with van der Waals surface area (Å²) < 4.78 is 38.1. The van der Waals surface area contributed by atoms with Crippen molar-refractivity contribution in [1.29, 1.82) is 0 Å². The fraction of sp³-hybridized carbons (Fsp3) is 0.932. The Morgan fingerprint density at radius 1 is 0.525 bits per heavy atom. The van der Waals surface area contributed by atoms with Gasteiger partial charge in [-0.15, -0.1) is 0 Å². The molecule has 2 atom stereocenters. The van der Waals surface area contributed by atoms with Crippen molar-refractivity contribution >= 4 is 25.9 Å². The van der Waals surface area contributed by atoms with E-state index in [4.69, 9.17) is 29.0 Å². The van der Waals surface area contributed by atoms with E-state index in [-0.39, 0.29) is 58.1 Å². The summed E-state index contributed by atoms with van der Waals surface area (Å²) in [6.07, 6.45) is 35.5. The lowest BCUT2D eigenvalue weighted by molar-refractivity contribution is -0.161. The van der Waals surface area contributed by atoms with Crippen molar-refractivity contribution in [3.8, 4) is 0 Å². The molecule has 0 saturated carbocycles. The van der Waals surface area contributed by atoms with Crippen molar-refractivity contribution in [1.82, 2.24) is 17.6 Å². The minimum atomic E-state index is -4.56. The highest BCUT2D eigenvalue weighted by Crippen LogP contribution is 2.43. The maximum Gasteiger partial charge on any atom is 0.472 e. The van der Waals surface area contributed by atoms with Crippen molar-refractivity contribution in [2.75, 3.05) is 39.5 Å². The summed E-state index contributed by atoms with van der Waals surface area (Å²) in [6, 6.07) is 0. The van der Waals surface area contributed by atoms with E-state index in [1.165, 1.54) is 148 Å². The third kappa shape index (κ3) is 47.1. The van der Waals surface area contributed by atoms with Crippen LogP contribution in [-0.2, 0) is 37.4 Å². The first-order chi connectivity index (χ1) is 27.7. The van der Waals surface area contributed by atoms with E-state index in [1.54, 1.807) is 0 Å². The summed E-state index contributed by atoms with van der Waals surface area (Å²) in [5.74, 6) is -0.894. The molecule has 10 N–H and O–H groups in total. The molecule has 0 heterocycles. The van der Waals surface area contributed by atoms with E-state index in [0.29, 0.717) is 12.8 Å². The van der Waals surface area contributed by atoms with E-state index in [1.807, 2.05) is 0 Å². The normalized spacial score (nSPS) is 12.5. The van der Waals surface area contributed by atoms with Crippen molar-refractivity contribution in [3.05, 3.63) is 0 Å². The standard InChI is InChI=1S/C44H87N2O10P.2H3N/c1-3-5-7-9-11-13-15-17-19-21-23-25-27-29-31-33-42(47)53-39-41(40-55-57(50,51)54-38-36-46-44(49)52-37-35-45)56-43(48)34-32-30-28-26-24-22-20-18-16-14-12-10-8-6-4-2;;/h41H,3-40,45H2,1-2H3,(H,46,49)(H,50,51);2*1H3. The molecular formula is C44H93N4O10P. The molecule has 0 fully saturated rings. The Labute approximate surface area is 360 Å². The molecule has 0 radical (unpaired) electrons. The number of nitrogens with one attached hydrogen (secondary N) is 1. The Bertz CT molecular complexity index is 982. The second-order valence-corrected chi connectivity index (χ2v) is 17.1. The minimum absolute atomic E-state index is 0. The monoisotopic (exact) mass is 869 g/mol. The van der Waals surface area contributed by atoms with Crippen LogP contribution in [0.5, 0.6) is 0 Å². The number of unbranched alkanes of at least 4 members (excludes halogenated alkanes) is 28. The van der Waals surface area contributed by atoms with Crippen molar-refractivity contribution in [2.45, 2.75) is 225 Å². The molecule has 0 spiro atoms. The van der Waals surface area contributed by atoms with Crippen LogP contribution in [0.1, 0.15) is 219 Å². The summed E-state index contributed by atoms with van der Waals surface area (Å²) >= 11 is 0. The number of phosphoric acid groups is 1. The predicted octanol–water partition coefficient (Wildman–Crippen LogP) is 12.1. The Kier molecular flexibility index (Phi) is 49.3. The number of nitrogens with two attached hydrogens (primary N) is 1. The van der Waals surface area contributed by atoms with Gasteiger partial charge in [-0.25, -0.2) is 9.36 Å². The minimum Gasteiger partial charge on any atom is -0.462 e. The third-order valence-corrected chi connectivity index (χ3v) is 11.1. The maximum absolute atomic E-state index is 12.7. The molecule has 59 heavy (non-hydrogen) atoms. The van der Waals surface area contributed by atoms with Crippen LogP contribution in [-0.4, -0.2) is 68.5 Å². The van der Waals surface area contributed by atoms with Crippen LogP contribution >= 0.6 is 7.82 Å². The molecule has 0 saturated heterocycles. The maximum atomic E-state index is 12.7. The highest BCUT2D eigenvalue weighted by molar-refractivity contribution is 7.47. The van der Waals surface area contributed by atoms with E-state index in [2.05, 4.69) is 19.2 Å². The van der Waals surface area contributed by atoms with Gasteiger partial charge in [0.1, 0.15) is 13.2 Å². The number of alkyl carbamates (subject to hydrolysis) is 1. The number of esters is 2. The lowest BCUT2D eigenvalue weighted by atomic mass is 10.0. The molecule has 0 rings (SSSR count). The van der Waals surface area contributed by atoms with Crippen LogP contribution in [0, 0.1) is 0 Å². The number of carbonyl (C=O) groups is 3. The number of phosphoric ester groups is 1. The number of carbonyl (C=O) groups excluding carboxylic acids is 3. The van der Waals surface area contributed by atoms with Gasteiger partial charge in [-0.2, -0.15) is 0 Å². The zero-order valence-electron chi connectivity index (χ0n) is 38.0. The molecule has 354 valence electrons. The second kappa shape index (κ2) is 47.3. The van der Waals surface area contributed by atoms with Crippen molar-refractivity contribution < 1.29 is 47.1 Å². The number of rotatable bonds is 44. The molecule has 0 bridgehead atoms. The summed E-state index contributed by atoms with van der Waals surface area (Å²) in [7, 11) is -4.56. The molecule has 0 aromatic rings. The van der Waals surface area contributed by atoms with Gasteiger partial charge in [0.25, 0.3) is 0 Å². The Morgan fingerprint density at radius 3 is 1.29 bits per heavy atom. The Balaban J connectivity index is -0.0000157. The first-order valence-electron chi connectivity index (χ1n) is 23.3. The molecule has 0 aromatic carbocycles. The fourth-order valence-corrected chi connectivity index (χ4v) is 7.38. The SMILES string of the molecule is CCCCCCCCCCCCCCCCCC(=O)OCC(COP(=O)(O)OCCNC(=O)OCCN)OC(=O)CCCCCCCCCCCCCCCCC.N.N. The smallest absolute Gasteiger partial charge is 0.462 e. The lowest BCUT2D eigenvalue weighted by Gasteiger charge is -2.20. The van der Waals surface area contributed by atoms with Crippen LogP contribution in [0.2, 0.25) is 0 Å². The predicted molar refractivity (Wildman–Crippen MR) is 240 cm³/mol. The Morgan fingerprint density at radius 2 is 0.898 bits per heavy atom. The summed E-state index contributed by atoms with van der Waals surface area (Å²) in [4.78, 5) is 46.8. The molecule has 0 aliphatic rings. The number of hydrogen-bond acceptors (Lipinski definition) is 12. The average Bonchev–Trinajstić information content (AvgIpc) is 3.19. The van der Waals surface area contributed by atoms with Crippen molar-refractivity contribution in [3.63, 3.8) is 0 Å². The summed E-state index contributed by atoms with van der Waals surface area (Å²) in [6.45, 7) is 3.48. The Hall–Kier alpha value is -1.80. The molecular weight excluding hydrogens is 775 g/mol. The van der Waals surface area contributed by atoms with Gasteiger partial charge in [-0.3, -0.25) is 18.6 Å². The molecule has 0 aliphatic heterocycles. The molecule has 1 amide bonds. The first kappa shape index (κ1) is 61.5. The van der Waals surface area contributed by atoms with Crippen LogP contribution in [0.4, 0.5) is 4.79 Å². The molecule has 0 aliphatic carbocycles. The fourth-order valence-electron chi connectivity index (χ4n) is 6.63. The average molecular weight is 869 g/mol. The van der Waals surface area contributed by atoms with Gasteiger partial charge in [-0.05, 0) is 12.8 Å². The van der Waals surface area contributed by atoms with Crippen LogP contribution in [0.25, 0.3) is 0 Å². The zero-order valence-corrected chi connectivity index (χ0v) is 38.9. The zero-order chi connectivity index (χ0) is 41.9. The number of hydrogen-bond donors (Lipinski definition) is 5. The molecule has 14 nitrogen and oxygen atoms in total. The molecule has 0 aromatic heterocycles. The van der Waals surface area contributed by atoms with Gasteiger partial charge < -0.3 is 42.5 Å². The largest absolute Gasteiger partial charge is 0.472 e. The van der Waals surface area contributed by atoms with Gasteiger partial charge >= 0.3 is 25.9 Å². The lowest BCUT2D eigenvalue weighted by Crippen LogP contribution is -2.30. The van der Waals surface area contributed by atoms with E-state index >= 15 is 0 Å². The van der Waals surface area contributed by atoms with Crippen molar-refractivity contribution in [2.24, 2.45) is 5.73 Å². The van der Waals surface area contributed by atoms with Crippen LogP contribution in [0.15, 0.2) is 0 Å². The highest BCUT2D eigenvalue weighted by Gasteiger charge is 2.26.